The first kappa shape index (κ1) is 15.4. The fourth-order valence-electron chi connectivity index (χ4n) is 3.62. The van der Waals surface area contributed by atoms with Crippen LogP contribution in [0.5, 0.6) is 0 Å². The second-order valence-corrected chi connectivity index (χ2v) is 7.19. The minimum atomic E-state index is -0.172. The highest BCUT2D eigenvalue weighted by atomic mass is 79.9. The van der Waals surface area contributed by atoms with Crippen LogP contribution in [0.2, 0.25) is 0 Å². The number of likely N-dealkylation sites (tertiary alicyclic amines) is 2. The summed E-state index contributed by atoms with van der Waals surface area (Å²) in [6, 6.07) is 5.81. The van der Waals surface area contributed by atoms with Gasteiger partial charge in [0.25, 0.3) is 0 Å². The normalized spacial score (nSPS) is 22.6. The molecule has 1 aromatic rings. The zero-order chi connectivity index (χ0) is 14.7. The highest BCUT2D eigenvalue weighted by molar-refractivity contribution is 9.10. The first-order valence-electron chi connectivity index (χ1n) is 8.13. The minimum Gasteiger partial charge on any atom is -0.300 e. The molecule has 21 heavy (non-hydrogen) atoms. The molecular formula is C17H24BrFN2. The van der Waals surface area contributed by atoms with E-state index in [1.165, 1.54) is 50.8 Å². The van der Waals surface area contributed by atoms with Gasteiger partial charge in [0.1, 0.15) is 5.82 Å². The number of rotatable bonds is 3. The van der Waals surface area contributed by atoms with Gasteiger partial charge < -0.3 is 4.90 Å². The second kappa shape index (κ2) is 7.21. The molecule has 0 N–H and O–H groups in total. The molecule has 0 spiro atoms. The summed E-state index contributed by atoms with van der Waals surface area (Å²) in [5.41, 5.74) is 1.19. The van der Waals surface area contributed by atoms with Crippen LogP contribution in [0.4, 0.5) is 4.39 Å². The van der Waals surface area contributed by atoms with Crippen molar-refractivity contribution in [1.82, 2.24) is 9.80 Å². The summed E-state index contributed by atoms with van der Waals surface area (Å²) in [5.74, 6) is -0.172. The molecule has 2 fully saturated rings. The Bertz CT molecular complexity index is 466. The number of nitrogens with zero attached hydrogens (tertiary/aromatic N) is 2. The molecule has 3 rings (SSSR count). The molecule has 116 valence electrons. The van der Waals surface area contributed by atoms with E-state index in [0.717, 1.165) is 30.1 Å². The van der Waals surface area contributed by atoms with Crippen molar-refractivity contribution in [3.05, 3.63) is 34.1 Å². The lowest BCUT2D eigenvalue weighted by molar-refractivity contribution is 0.0895. The highest BCUT2D eigenvalue weighted by Crippen LogP contribution is 2.24. The van der Waals surface area contributed by atoms with Crippen molar-refractivity contribution < 1.29 is 4.39 Å². The van der Waals surface area contributed by atoms with Crippen LogP contribution in [0.1, 0.15) is 37.7 Å². The predicted octanol–water partition coefficient (Wildman–Crippen LogP) is 4.04. The van der Waals surface area contributed by atoms with Crippen molar-refractivity contribution in [2.45, 2.75) is 44.7 Å². The van der Waals surface area contributed by atoms with Crippen molar-refractivity contribution in [2.75, 3.05) is 26.2 Å². The summed E-state index contributed by atoms with van der Waals surface area (Å²) in [4.78, 5) is 5.20. The van der Waals surface area contributed by atoms with Gasteiger partial charge in [0, 0.05) is 17.1 Å². The molecular weight excluding hydrogens is 331 g/mol. The molecule has 0 unspecified atom stereocenters. The largest absolute Gasteiger partial charge is 0.300 e. The second-order valence-electron chi connectivity index (χ2n) is 6.34. The average Bonchev–Trinajstić information content (AvgIpc) is 2.52. The van der Waals surface area contributed by atoms with E-state index in [9.17, 15) is 4.39 Å². The third-order valence-electron chi connectivity index (χ3n) is 4.87. The van der Waals surface area contributed by atoms with Crippen LogP contribution in [0.3, 0.4) is 0 Å². The van der Waals surface area contributed by atoms with Gasteiger partial charge in [0.2, 0.25) is 0 Å². The molecule has 0 aromatic heterocycles. The third kappa shape index (κ3) is 4.05. The Labute approximate surface area is 135 Å². The number of piperidine rings is 2. The Morgan fingerprint density at radius 3 is 2.43 bits per heavy atom. The lowest BCUT2D eigenvalue weighted by atomic mass is 9.99. The van der Waals surface area contributed by atoms with Crippen LogP contribution in [-0.4, -0.2) is 42.0 Å². The molecule has 2 saturated heterocycles. The Balaban J connectivity index is 1.51. The molecule has 0 aliphatic carbocycles. The van der Waals surface area contributed by atoms with Crippen LogP contribution < -0.4 is 0 Å². The maximum absolute atomic E-state index is 13.1. The minimum absolute atomic E-state index is 0.172. The molecule has 0 saturated carbocycles. The fraction of sp³-hybridized carbons (Fsp3) is 0.647. The van der Waals surface area contributed by atoms with Crippen molar-refractivity contribution in [2.24, 2.45) is 0 Å². The van der Waals surface area contributed by atoms with Crippen LogP contribution in [0.25, 0.3) is 0 Å². The average molecular weight is 355 g/mol. The Hall–Kier alpha value is -0.450. The van der Waals surface area contributed by atoms with Gasteiger partial charge in [-0.25, -0.2) is 4.39 Å². The zero-order valence-corrected chi connectivity index (χ0v) is 14.1. The number of hydrogen-bond acceptors (Lipinski definition) is 2. The fourth-order valence-corrected chi connectivity index (χ4v) is 4.09. The molecule has 0 radical (unpaired) electrons. The zero-order valence-electron chi connectivity index (χ0n) is 12.5. The van der Waals surface area contributed by atoms with Crippen molar-refractivity contribution in [3.8, 4) is 0 Å². The van der Waals surface area contributed by atoms with Crippen LogP contribution in [0.15, 0.2) is 22.7 Å². The van der Waals surface area contributed by atoms with Crippen LogP contribution in [-0.2, 0) is 6.54 Å². The van der Waals surface area contributed by atoms with Gasteiger partial charge in [-0.1, -0.05) is 28.4 Å². The van der Waals surface area contributed by atoms with Crippen molar-refractivity contribution in [3.63, 3.8) is 0 Å². The smallest absolute Gasteiger partial charge is 0.124 e. The first-order chi connectivity index (χ1) is 10.2. The number of halogens is 2. The van der Waals surface area contributed by atoms with Crippen molar-refractivity contribution in [1.29, 1.82) is 0 Å². The monoisotopic (exact) mass is 354 g/mol. The van der Waals surface area contributed by atoms with Gasteiger partial charge in [-0.3, -0.25) is 4.90 Å². The number of benzene rings is 1. The predicted molar refractivity (Wildman–Crippen MR) is 87.8 cm³/mol. The quantitative estimate of drug-likeness (QED) is 0.808. The van der Waals surface area contributed by atoms with Crippen LogP contribution >= 0.6 is 15.9 Å². The van der Waals surface area contributed by atoms with Crippen molar-refractivity contribution >= 4 is 15.9 Å². The summed E-state index contributed by atoms with van der Waals surface area (Å²) in [7, 11) is 0. The van der Waals surface area contributed by atoms with Crippen LogP contribution in [0, 0.1) is 5.82 Å². The van der Waals surface area contributed by atoms with E-state index >= 15 is 0 Å². The third-order valence-corrected chi connectivity index (χ3v) is 5.61. The Morgan fingerprint density at radius 2 is 1.76 bits per heavy atom. The molecule has 1 aromatic carbocycles. The number of hydrogen-bond donors (Lipinski definition) is 0. The van der Waals surface area contributed by atoms with E-state index in [2.05, 4.69) is 25.7 Å². The van der Waals surface area contributed by atoms with E-state index in [1.54, 1.807) is 12.1 Å². The van der Waals surface area contributed by atoms with E-state index in [4.69, 9.17) is 0 Å². The van der Waals surface area contributed by atoms with Gasteiger partial charge >= 0.3 is 0 Å². The first-order valence-corrected chi connectivity index (χ1v) is 8.92. The Morgan fingerprint density at radius 1 is 1.05 bits per heavy atom. The van der Waals surface area contributed by atoms with E-state index in [0.29, 0.717) is 0 Å². The summed E-state index contributed by atoms with van der Waals surface area (Å²) in [5, 5.41) is 0. The van der Waals surface area contributed by atoms with Gasteiger partial charge in [-0.2, -0.15) is 0 Å². The van der Waals surface area contributed by atoms with Gasteiger partial charge in [-0.05, 0) is 69.6 Å². The standard InChI is InChI=1S/C17H24BrFN2/c18-17-12-15(19)5-4-14(17)13-20-10-6-16(7-11-20)21-8-2-1-3-9-21/h4-5,12,16H,1-3,6-11,13H2. The molecule has 2 aliphatic heterocycles. The Kier molecular flexibility index (Phi) is 5.30. The van der Waals surface area contributed by atoms with E-state index in [-0.39, 0.29) is 5.82 Å². The lowest BCUT2D eigenvalue weighted by Gasteiger charge is -2.40. The lowest BCUT2D eigenvalue weighted by Crippen LogP contribution is -2.46. The highest BCUT2D eigenvalue weighted by Gasteiger charge is 2.25. The maximum atomic E-state index is 13.1. The summed E-state index contributed by atoms with van der Waals surface area (Å²) < 4.78 is 14.0. The summed E-state index contributed by atoms with van der Waals surface area (Å²) in [6.07, 6.45) is 6.72. The molecule has 2 heterocycles. The van der Waals surface area contributed by atoms with Gasteiger partial charge in [-0.15, -0.1) is 0 Å². The summed E-state index contributed by atoms with van der Waals surface area (Å²) >= 11 is 3.47. The van der Waals surface area contributed by atoms with E-state index < -0.39 is 0 Å². The molecule has 2 aliphatic rings. The molecule has 2 nitrogen and oxygen atoms in total. The van der Waals surface area contributed by atoms with Gasteiger partial charge in [0.05, 0.1) is 0 Å². The van der Waals surface area contributed by atoms with Gasteiger partial charge in [0.15, 0.2) is 0 Å². The maximum Gasteiger partial charge on any atom is 0.124 e. The molecule has 0 amide bonds. The molecule has 0 bridgehead atoms. The SMILES string of the molecule is Fc1ccc(CN2CCC(N3CCCCC3)CC2)c(Br)c1. The van der Waals surface area contributed by atoms with E-state index in [1.807, 2.05) is 6.07 Å². The molecule has 4 heteroatoms. The summed E-state index contributed by atoms with van der Waals surface area (Å²) in [6.45, 7) is 5.84. The topological polar surface area (TPSA) is 6.48 Å². The molecule has 0 atom stereocenters.